The monoisotopic (exact) mass is 244 g/mol. The van der Waals surface area contributed by atoms with E-state index >= 15 is 0 Å². The van der Waals surface area contributed by atoms with E-state index in [-0.39, 0.29) is 12.7 Å². The third-order valence-electron chi connectivity index (χ3n) is 3.01. The van der Waals surface area contributed by atoms with Gasteiger partial charge in [-0.3, -0.25) is 4.57 Å². The molecule has 1 aromatic heterocycles. The highest BCUT2D eigenvalue weighted by Gasteiger charge is 2.27. The van der Waals surface area contributed by atoms with Crippen molar-refractivity contribution in [1.82, 2.24) is 4.57 Å². The van der Waals surface area contributed by atoms with Gasteiger partial charge in [-0.1, -0.05) is 0 Å². The van der Waals surface area contributed by atoms with Gasteiger partial charge >= 0.3 is 0 Å². The molecule has 3 rings (SSSR count). The molecule has 2 heterocycles. The molecule has 0 spiro atoms. The number of rotatable bonds is 2. The zero-order valence-corrected chi connectivity index (χ0v) is 9.61. The van der Waals surface area contributed by atoms with E-state index in [1.165, 1.54) is 0 Å². The smallest absolute Gasteiger partial charge is 0.244 e. The van der Waals surface area contributed by atoms with E-state index in [4.69, 9.17) is 19.8 Å². The Bertz CT molecular complexity index is 614. The molecular formula is C13H12N2O3. The topological polar surface area (TPSA) is 67.4 Å². The molecule has 2 atom stereocenters. The standard InChI is InChI=1S/C13H12N2O3/c14-6-9-1-2-12-10(5-9)3-4-15(12)13-17-8-11(7-16)18-13/h1-5,11,13,16H,7-8H2/t11-,13+/m0/s1. The van der Waals surface area contributed by atoms with Gasteiger partial charge in [0.05, 0.1) is 30.4 Å². The predicted molar refractivity (Wildman–Crippen MR) is 63.6 cm³/mol. The minimum Gasteiger partial charge on any atom is -0.394 e. The molecule has 1 aromatic carbocycles. The van der Waals surface area contributed by atoms with Gasteiger partial charge in [0.1, 0.15) is 6.10 Å². The van der Waals surface area contributed by atoms with E-state index in [2.05, 4.69) is 6.07 Å². The molecule has 18 heavy (non-hydrogen) atoms. The fraction of sp³-hybridized carbons (Fsp3) is 0.308. The van der Waals surface area contributed by atoms with Crippen molar-refractivity contribution in [3.05, 3.63) is 36.0 Å². The lowest BCUT2D eigenvalue weighted by atomic mass is 10.2. The van der Waals surface area contributed by atoms with Crippen LogP contribution in [0.4, 0.5) is 0 Å². The quantitative estimate of drug-likeness (QED) is 0.866. The number of aromatic nitrogens is 1. The number of nitrogens with zero attached hydrogens (tertiary/aromatic N) is 2. The Kier molecular flexibility index (Phi) is 2.76. The summed E-state index contributed by atoms with van der Waals surface area (Å²) in [5, 5.41) is 18.8. The van der Waals surface area contributed by atoms with Gasteiger partial charge in [-0.25, -0.2) is 0 Å². The van der Waals surface area contributed by atoms with Gasteiger partial charge in [0.25, 0.3) is 0 Å². The van der Waals surface area contributed by atoms with Gasteiger partial charge < -0.3 is 14.6 Å². The number of aliphatic hydroxyl groups excluding tert-OH is 1. The number of hydrogen-bond donors (Lipinski definition) is 1. The molecule has 0 unspecified atom stereocenters. The van der Waals surface area contributed by atoms with Crippen LogP contribution >= 0.6 is 0 Å². The normalized spacial score (nSPS) is 23.3. The summed E-state index contributed by atoms with van der Waals surface area (Å²) >= 11 is 0. The highest BCUT2D eigenvalue weighted by atomic mass is 16.7. The van der Waals surface area contributed by atoms with Gasteiger partial charge in [0.15, 0.2) is 0 Å². The van der Waals surface area contributed by atoms with Crippen LogP contribution < -0.4 is 0 Å². The Hall–Kier alpha value is -1.87. The lowest BCUT2D eigenvalue weighted by molar-refractivity contribution is -0.116. The summed E-state index contributed by atoms with van der Waals surface area (Å²) in [6.07, 6.45) is 1.08. The third kappa shape index (κ3) is 1.77. The Morgan fingerprint density at radius 2 is 2.33 bits per heavy atom. The summed E-state index contributed by atoms with van der Waals surface area (Å²) in [6, 6.07) is 9.47. The summed E-state index contributed by atoms with van der Waals surface area (Å²) in [4.78, 5) is 0. The molecule has 0 aliphatic carbocycles. The van der Waals surface area contributed by atoms with E-state index in [0.29, 0.717) is 12.2 Å². The number of fused-ring (bicyclic) bond motifs is 1. The first-order valence-corrected chi connectivity index (χ1v) is 5.70. The second kappa shape index (κ2) is 4.42. The van der Waals surface area contributed by atoms with Crippen LogP contribution in [-0.2, 0) is 9.47 Å². The molecule has 0 saturated carbocycles. The number of hydrogen-bond acceptors (Lipinski definition) is 4. The zero-order valence-electron chi connectivity index (χ0n) is 9.61. The van der Waals surface area contributed by atoms with Crippen molar-refractivity contribution in [1.29, 1.82) is 5.26 Å². The number of nitriles is 1. The fourth-order valence-corrected chi connectivity index (χ4v) is 2.09. The molecular weight excluding hydrogens is 232 g/mol. The van der Waals surface area contributed by atoms with Crippen molar-refractivity contribution in [2.75, 3.05) is 13.2 Å². The molecule has 5 heteroatoms. The molecule has 1 fully saturated rings. The summed E-state index contributed by atoms with van der Waals surface area (Å²) in [5.74, 6) is 0. The van der Waals surface area contributed by atoms with Crippen LogP contribution in [0.3, 0.4) is 0 Å². The lowest BCUT2D eigenvalue weighted by Gasteiger charge is -2.13. The van der Waals surface area contributed by atoms with Gasteiger partial charge in [0.2, 0.25) is 6.41 Å². The maximum Gasteiger partial charge on any atom is 0.244 e. The molecule has 1 aliphatic rings. The van der Waals surface area contributed by atoms with Crippen molar-refractivity contribution in [3.63, 3.8) is 0 Å². The first-order valence-electron chi connectivity index (χ1n) is 5.70. The average molecular weight is 244 g/mol. The van der Waals surface area contributed by atoms with Crippen LogP contribution in [0.5, 0.6) is 0 Å². The van der Waals surface area contributed by atoms with Crippen molar-refractivity contribution in [2.24, 2.45) is 0 Å². The number of ether oxygens (including phenoxy) is 2. The first-order chi connectivity index (χ1) is 8.81. The third-order valence-corrected chi connectivity index (χ3v) is 3.01. The predicted octanol–water partition coefficient (Wildman–Crippen LogP) is 1.38. The molecule has 0 bridgehead atoms. The van der Waals surface area contributed by atoms with Crippen LogP contribution in [0.25, 0.3) is 10.9 Å². The fourth-order valence-electron chi connectivity index (χ4n) is 2.09. The number of aliphatic hydroxyl groups is 1. The average Bonchev–Trinajstić information content (AvgIpc) is 3.03. The Balaban J connectivity index is 1.96. The van der Waals surface area contributed by atoms with E-state index in [0.717, 1.165) is 10.9 Å². The second-order valence-corrected chi connectivity index (χ2v) is 4.19. The van der Waals surface area contributed by atoms with Gasteiger partial charge in [-0.05, 0) is 24.3 Å². The highest BCUT2D eigenvalue weighted by molar-refractivity contribution is 5.81. The minimum atomic E-state index is -0.507. The van der Waals surface area contributed by atoms with Crippen LogP contribution in [0.1, 0.15) is 12.0 Å². The van der Waals surface area contributed by atoms with Gasteiger partial charge in [0, 0.05) is 11.6 Å². The van der Waals surface area contributed by atoms with Crippen molar-refractivity contribution in [2.45, 2.75) is 12.5 Å². The highest BCUT2D eigenvalue weighted by Crippen LogP contribution is 2.27. The van der Waals surface area contributed by atoms with Crippen LogP contribution in [0, 0.1) is 11.3 Å². The molecule has 1 aliphatic heterocycles. The maximum atomic E-state index is 9.01. The number of benzene rings is 1. The Labute approximate surface area is 104 Å². The molecule has 5 nitrogen and oxygen atoms in total. The minimum absolute atomic E-state index is 0.0473. The van der Waals surface area contributed by atoms with Crippen LogP contribution in [0.15, 0.2) is 30.5 Å². The van der Waals surface area contributed by atoms with Gasteiger partial charge in [-0.15, -0.1) is 0 Å². The molecule has 1 saturated heterocycles. The SMILES string of the molecule is N#Cc1ccc2c(ccn2[C@@H]2OC[C@H](CO)O2)c1. The molecule has 0 amide bonds. The van der Waals surface area contributed by atoms with E-state index in [1.54, 1.807) is 6.07 Å². The first kappa shape index (κ1) is 11.2. The maximum absolute atomic E-state index is 9.01. The van der Waals surface area contributed by atoms with E-state index in [1.807, 2.05) is 29.0 Å². The Morgan fingerprint density at radius 3 is 3.06 bits per heavy atom. The summed E-state index contributed by atoms with van der Waals surface area (Å²) in [5.41, 5.74) is 1.57. The largest absolute Gasteiger partial charge is 0.394 e. The molecule has 0 radical (unpaired) electrons. The van der Waals surface area contributed by atoms with Gasteiger partial charge in [-0.2, -0.15) is 5.26 Å². The van der Waals surface area contributed by atoms with Crippen molar-refractivity contribution >= 4 is 10.9 Å². The zero-order chi connectivity index (χ0) is 12.5. The lowest BCUT2D eigenvalue weighted by Crippen LogP contribution is -2.15. The van der Waals surface area contributed by atoms with Crippen LogP contribution in [-0.4, -0.2) is 29.0 Å². The summed E-state index contributed by atoms with van der Waals surface area (Å²) in [7, 11) is 0. The second-order valence-electron chi connectivity index (χ2n) is 4.19. The van der Waals surface area contributed by atoms with Crippen molar-refractivity contribution in [3.8, 4) is 6.07 Å². The molecule has 1 N–H and O–H groups in total. The summed E-state index contributed by atoms with van der Waals surface area (Å²) < 4.78 is 12.9. The Morgan fingerprint density at radius 1 is 1.44 bits per heavy atom. The van der Waals surface area contributed by atoms with Crippen LogP contribution in [0.2, 0.25) is 0 Å². The summed E-state index contributed by atoms with van der Waals surface area (Å²) in [6.45, 7) is 0.339. The van der Waals surface area contributed by atoms with E-state index in [9.17, 15) is 0 Å². The molecule has 92 valence electrons. The molecule has 2 aromatic rings. The van der Waals surface area contributed by atoms with E-state index < -0.39 is 6.41 Å². The van der Waals surface area contributed by atoms with Crippen molar-refractivity contribution < 1.29 is 14.6 Å².